The van der Waals surface area contributed by atoms with Gasteiger partial charge in [-0.2, -0.15) is 0 Å². The molecule has 0 amide bonds. The molecule has 0 saturated carbocycles. The van der Waals surface area contributed by atoms with Gasteiger partial charge in [-0.15, -0.1) is 5.10 Å². The Labute approximate surface area is 212 Å². The number of rotatable bonds is 5. The summed E-state index contributed by atoms with van der Waals surface area (Å²) < 4.78 is 23.1. The van der Waals surface area contributed by atoms with E-state index in [1.165, 1.54) is 19.2 Å². The summed E-state index contributed by atoms with van der Waals surface area (Å²) in [5.41, 5.74) is 3.36. The summed E-state index contributed by atoms with van der Waals surface area (Å²) in [5.74, 6) is 1.59. The van der Waals surface area contributed by atoms with Gasteiger partial charge in [0.15, 0.2) is 11.6 Å². The molecular weight excluding hydrogens is 473 g/mol. The van der Waals surface area contributed by atoms with Crippen molar-refractivity contribution in [2.45, 2.75) is 32.6 Å². The molecule has 188 valence electrons. The number of fused-ring (bicyclic) bond motifs is 2. The lowest BCUT2D eigenvalue weighted by Crippen LogP contribution is -2.26. The van der Waals surface area contributed by atoms with E-state index in [1.807, 2.05) is 19.2 Å². The van der Waals surface area contributed by atoms with E-state index in [0.717, 1.165) is 31.4 Å². The van der Waals surface area contributed by atoms with E-state index in [9.17, 15) is 0 Å². The molecule has 0 bridgehead atoms. The number of aryl methyl sites for hydroxylation is 1. The van der Waals surface area contributed by atoms with Crippen molar-refractivity contribution in [1.29, 1.82) is 0 Å². The number of halogens is 1. The van der Waals surface area contributed by atoms with Gasteiger partial charge in [0.2, 0.25) is 5.95 Å². The first-order valence-electron chi connectivity index (χ1n) is 12.3. The maximum Gasteiger partial charge on any atom is 0.226 e. The Bertz CT molecular complexity index is 1590. The van der Waals surface area contributed by atoms with Crippen molar-refractivity contribution in [2.75, 3.05) is 23.3 Å². The number of aromatic nitrogens is 7. The summed E-state index contributed by atoms with van der Waals surface area (Å²) in [6, 6.07) is 8.81. The average Bonchev–Trinajstić information content (AvgIpc) is 3.10. The van der Waals surface area contributed by atoms with E-state index in [1.54, 1.807) is 36.0 Å². The Balaban J connectivity index is 1.28. The number of nitrogens with zero attached hydrogens (tertiary/aromatic N) is 8. The molecule has 0 spiro atoms. The highest BCUT2D eigenvalue weighted by Gasteiger charge is 2.17. The molecule has 0 radical (unpaired) electrons. The van der Waals surface area contributed by atoms with Crippen molar-refractivity contribution in [3.63, 3.8) is 0 Å². The molecule has 1 fully saturated rings. The molecule has 0 atom stereocenters. The zero-order valence-corrected chi connectivity index (χ0v) is 20.6. The third-order valence-electron chi connectivity index (χ3n) is 6.65. The minimum atomic E-state index is -0.438. The molecular formula is C26H26FN9O. The van der Waals surface area contributed by atoms with Crippen LogP contribution >= 0.6 is 0 Å². The Kier molecular flexibility index (Phi) is 5.95. The third kappa shape index (κ3) is 4.48. The summed E-state index contributed by atoms with van der Waals surface area (Å²) >= 11 is 0. The van der Waals surface area contributed by atoms with Gasteiger partial charge in [0.25, 0.3) is 0 Å². The van der Waals surface area contributed by atoms with Crippen molar-refractivity contribution in [3.8, 4) is 11.5 Å². The molecule has 4 heterocycles. The Hall–Kier alpha value is -4.41. The van der Waals surface area contributed by atoms with Crippen LogP contribution in [0.25, 0.3) is 22.1 Å². The first-order valence-corrected chi connectivity index (χ1v) is 12.3. The van der Waals surface area contributed by atoms with Crippen molar-refractivity contribution in [2.24, 2.45) is 7.05 Å². The van der Waals surface area contributed by atoms with Crippen LogP contribution in [0.1, 0.15) is 31.2 Å². The minimum absolute atomic E-state index is 0.268. The molecule has 11 heteroatoms. The molecule has 0 aliphatic carbocycles. The van der Waals surface area contributed by atoms with Gasteiger partial charge in [-0.25, -0.2) is 29.0 Å². The number of anilines is 3. The van der Waals surface area contributed by atoms with Crippen molar-refractivity contribution in [1.82, 2.24) is 34.9 Å². The number of hydrogen-bond donors (Lipinski definition) is 1. The summed E-state index contributed by atoms with van der Waals surface area (Å²) in [4.78, 5) is 20.1. The van der Waals surface area contributed by atoms with Crippen LogP contribution in [0.15, 0.2) is 42.9 Å². The van der Waals surface area contributed by atoms with Gasteiger partial charge in [-0.05, 0) is 44.0 Å². The molecule has 37 heavy (non-hydrogen) atoms. The summed E-state index contributed by atoms with van der Waals surface area (Å²) in [6.45, 7) is 3.51. The molecule has 10 nitrogen and oxygen atoms in total. The quantitative estimate of drug-likeness (QED) is 0.355. The van der Waals surface area contributed by atoms with E-state index in [-0.39, 0.29) is 5.69 Å². The second-order valence-electron chi connectivity index (χ2n) is 9.17. The largest absolute Gasteiger partial charge is 0.457 e. The normalized spacial score (nSPS) is 14.2. The van der Waals surface area contributed by atoms with E-state index in [0.29, 0.717) is 45.4 Å². The van der Waals surface area contributed by atoms with Gasteiger partial charge in [0, 0.05) is 31.8 Å². The highest BCUT2D eigenvalue weighted by atomic mass is 19.1. The van der Waals surface area contributed by atoms with E-state index in [2.05, 4.69) is 35.5 Å². The monoisotopic (exact) mass is 499 g/mol. The first kappa shape index (κ1) is 23.0. The van der Waals surface area contributed by atoms with Gasteiger partial charge in [-0.1, -0.05) is 18.1 Å². The topological polar surface area (TPSA) is 107 Å². The predicted molar refractivity (Wildman–Crippen MR) is 139 cm³/mol. The lowest BCUT2D eigenvalue weighted by atomic mass is 10.1. The number of nitrogens with one attached hydrogen (secondary N) is 1. The summed E-state index contributed by atoms with van der Waals surface area (Å²) in [5, 5.41) is 11.2. The lowest BCUT2D eigenvalue weighted by Gasteiger charge is -2.20. The molecule has 3 aromatic heterocycles. The average molecular weight is 500 g/mol. The highest BCUT2D eigenvalue weighted by molar-refractivity contribution is 5.87. The van der Waals surface area contributed by atoms with Crippen LogP contribution in [-0.4, -0.2) is 48.0 Å². The van der Waals surface area contributed by atoms with Gasteiger partial charge in [0.1, 0.15) is 34.4 Å². The molecule has 5 aromatic rings. The SMILES string of the molecule is Cc1c(Oc2ccc3c(c2)nnn3C)ccc(Nc2ncnc3cnc(N4CCCCCC4)nc23)c1F. The Morgan fingerprint density at radius 1 is 0.973 bits per heavy atom. The van der Waals surface area contributed by atoms with E-state index >= 15 is 4.39 Å². The molecule has 2 aromatic carbocycles. The van der Waals surface area contributed by atoms with Gasteiger partial charge in [-0.3, -0.25) is 0 Å². The van der Waals surface area contributed by atoms with Crippen LogP contribution in [0.2, 0.25) is 0 Å². The maximum absolute atomic E-state index is 15.5. The number of ether oxygens (including phenoxy) is 1. The van der Waals surface area contributed by atoms with E-state index < -0.39 is 5.82 Å². The van der Waals surface area contributed by atoms with Crippen LogP contribution < -0.4 is 15.0 Å². The van der Waals surface area contributed by atoms with Gasteiger partial charge < -0.3 is 15.0 Å². The van der Waals surface area contributed by atoms with Crippen molar-refractivity contribution < 1.29 is 9.13 Å². The first-order chi connectivity index (χ1) is 18.1. The molecule has 1 saturated heterocycles. The molecule has 1 N–H and O–H groups in total. The number of benzene rings is 2. The van der Waals surface area contributed by atoms with Crippen LogP contribution in [0.3, 0.4) is 0 Å². The van der Waals surface area contributed by atoms with Crippen molar-refractivity contribution >= 4 is 39.5 Å². The minimum Gasteiger partial charge on any atom is -0.457 e. The Morgan fingerprint density at radius 2 is 1.81 bits per heavy atom. The van der Waals surface area contributed by atoms with Gasteiger partial charge >= 0.3 is 0 Å². The lowest BCUT2D eigenvalue weighted by molar-refractivity contribution is 0.472. The van der Waals surface area contributed by atoms with Crippen LogP contribution in [0.4, 0.5) is 21.8 Å². The highest BCUT2D eigenvalue weighted by Crippen LogP contribution is 2.33. The fraction of sp³-hybridized carbons (Fsp3) is 0.308. The third-order valence-corrected chi connectivity index (χ3v) is 6.65. The molecule has 1 aliphatic heterocycles. The fourth-order valence-corrected chi connectivity index (χ4v) is 4.57. The second kappa shape index (κ2) is 9.57. The zero-order chi connectivity index (χ0) is 25.4. The summed E-state index contributed by atoms with van der Waals surface area (Å²) in [6.07, 6.45) is 7.78. The predicted octanol–water partition coefficient (Wildman–Crippen LogP) is 5.07. The smallest absolute Gasteiger partial charge is 0.226 e. The number of hydrogen-bond acceptors (Lipinski definition) is 9. The van der Waals surface area contributed by atoms with Crippen LogP contribution in [0.5, 0.6) is 11.5 Å². The standard InChI is InChI=1S/C26H26FN9O/c1-16-22(37-17-7-9-21-19(13-17)33-34-35(21)2)10-8-18(23(16)27)31-25-24-20(29-15-30-25)14-28-26(32-24)36-11-5-3-4-6-12-36/h7-10,13-15H,3-6,11-12H2,1-2H3,(H,29,30,31). The molecule has 6 rings (SSSR count). The van der Waals surface area contributed by atoms with E-state index in [4.69, 9.17) is 9.72 Å². The zero-order valence-electron chi connectivity index (χ0n) is 20.6. The molecule has 1 aliphatic rings. The van der Waals surface area contributed by atoms with Crippen molar-refractivity contribution in [3.05, 3.63) is 54.2 Å². The van der Waals surface area contributed by atoms with Gasteiger partial charge in [0.05, 0.1) is 17.4 Å². The molecule has 0 unspecified atom stereocenters. The summed E-state index contributed by atoms with van der Waals surface area (Å²) in [7, 11) is 1.82. The second-order valence-corrected chi connectivity index (χ2v) is 9.17. The maximum atomic E-state index is 15.5. The van der Waals surface area contributed by atoms with Crippen LogP contribution in [-0.2, 0) is 7.05 Å². The van der Waals surface area contributed by atoms with Crippen LogP contribution in [0, 0.1) is 12.7 Å². The fourth-order valence-electron chi connectivity index (χ4n) is 4.57. The Morgan fingerprint density at radius 3 is 2.65 bits per heavy atom.